The minimum atomic E-state index is -0.370. The molecule has 1 heterocycles. The van der Waals surface area contributed by atoms with Crippen LogP contribution in [0.1, 0.15) is 0 Å². The zero-order valence-corrected chi connectivity index (χ0v) is 11.5. The fourth-order valence-electron chi connectivity index (χ4n) is 1.27. The Morgan fingerprint density at radius 2 is 1.88 bits per heavy atom. The van der Waals surface area contributed by atoms with Crippen molar-refractivity contribution in [3.05, 3.63) is 49.9 Å². The maximum atomic E-state index is 13.6. The molecule has 0 saturated heterocycles. The minimum Gasteiger partial charge on any atom is -0.252 e. The quantitative estimate of drug-likeness (QED) is 0.660. The number of halogens is 4. The number of rotatable bonds is 1. The monoisotopic (exact) mass is 367 g/mol. The van der Waals surface area contributed by atoms with E-state index in [1.54, 1.807) is 24.4 Å². The van der Waals surface area contributed by atoms with Crippen molar-refractivity contribution in [2.24, 2.45) is 0 Å². The molecule has 2 rings (SSSR count). The summed E-state index contributed by atoms with van der Waals surface area (Å²) < 4.78 is 14.4. The lowest BCUT2D eigenvalue weighted by Gasteiger charge is -2.04. The first kappa shape index (κ1) is 12.1. The lowest BCUT2D eigenvalue weighted by Crippen LogP contribution is -1.90. The number of pyridine rings is 1. The Balaban J connectivity index is 2.54. The SMILES string of the molecule is Fc1cc(I)cnc1-c1ccc(Cl)c(Cl)c1. The molecule has 5 heteroatoms. The van der Waals surface area contributed by atoms with E-state index in [9.17, 15) is 4.39 Å². The Hall–Kier alpha value is -0.390. The molecule has 0 unspecified atom stereocenters. The summed E-state index contributed by atoms with van der Waals surface area (Å²) in [5, 5.41) is 0.829. The summed E-state index contributed by atoms with van der Waals surface area (Å²) >= 11 is 13.7. The van der Waals surface area contributed by atoms with Gasteiger partial charge in [-0.3, -0.25) is 4.98 Å². The summed E-state index contributed by atoms with van der Waals surface area (Å²) in [6.07, 6.45) is 1.60. The van der Waals surface area contributed by atoms with Gasteiger partial charge in [-0.2, -0.15) is 0 Å². The van der Waals surface area contributed by atoms with E-state index in [0.717, 1.165) is 3.57 Å². The average molecular weight is 368 g/mol. The Morgan fingerprint density at radius 3 is 2.50 bits per heavy atom. The highest BCUT2D eigenvalue weighted by Crippen LogP contribution is 2.29. The fourth-order valence-corrected chi connectivity index (χ4v) is 1.98. The summed E-state index contributed by atoms with van der Waals surface area (Å²) in [4.78, 5) is 4.03. The lowest BCUT2D eigenvalue weighted by molar-refractivity contribution is 0.624. The van der Waals surface area contributed by atoms with Gasteiger partial charge >= 0.3 is 0 Å². The van der Waals surface area contributed by atoms with E-state index < -0.39 is 0 Å². The second-order valence-electron chi connectivity index (χ2n) is 3.11. The largest absolute Gasteiger partial charge is 0.252 e. The van der Waals surface area contributed by atoms with Crippen molar-refractivity contribution < 1.29 is 4.39 Å². The second kappa shape index (κ2) is 4.85. The van der Waals surface area contributed by atoms with E-state index in [1.807, 2.05) is 22.6 Å². The van der Waals surface area contributed by atoms with Crippen molar-refractivity contribution in [3.8, 4) is 11.3 Å². The first-order valence-corrected chi connectivity index (χ1v) is 6.18. The van der Waals surface area contributed by atoms with Crippen LogP contribution in [0.15, 0.2) is 30.5 Å². The molecule has 1 aromatic heterocycles. The maximum absolute atomic E-state index is 13.6. The second-order valence-corrected chi connectivity index (χ2v) is 5.17. The fraction of sp³-hybridized carbons (Fsp3) is 0. The van der Waals surface area contributed by atoms with Gasteiger partial charge in [0.15, 0.2) is 5.82 Å². The van der Waals surface area contributed by atoms with E-state index in [-0.39, 0.29) is 11.5 Å². The standard InChI is InChI=1S/C11H5Cl2FIN/c12-8-2-1-6(3-9(8)13)11-10(14)4-7(15)5-16-11/h1-5H. The third kappa shape index (κ3) is 2.47. The van der Waals surface area contributed by atoms with Crippen LogP contribution in [0.3, 0.4) is 0 Å². The highest BCUT2D eigenvalue weighted by atomic mass is 127. The number of hydrogen-bond donors (Lipinski definition) is 0. The van der Waals surface area contributed by atoms with Crippen LogP contribution in [-0.2, 0) is 0 Å². The molecular formula is C11H5Cl2FIN. The molecule has 0 amide bonds. The summed E-state index contributed by atoms with van der Waals surface area (Å²) in [7, 11) is 0. The van der Waals surface area contributed by atoms with Gasteiger partial charge < -0.3 is 0 Å². The Kier molecular flexibility index (Phi) is 3.66. The smallest absolute Gasteiger partial charge is 0.150 e. The molecule has 0 atom stereocenters. The molecule has 82 valence electrons. The van der Waals surface area contributed by atoms with E-state index in [0.29, 0.717) is 15.6 Å². The Bertz CT molecular complexity index is 546. The maximum Gasteiger partial charge on any atom is 0.150 e. The summed E-state index contributed by atoms with van der Waals surface area (Å²) in [6.45, 7) is 0. The molecule has 0 N–H and O–H groups in total. The molecule has 0 aliphatic rings. The number of hydrogen-bond acceptors (Lipinski definition) is 1. The van der Waals surface area contributed by atoms with Crippen molar-refractivity contribution >= 4 is 45.8 Å². The molecule has 1 aromatic carbocycles. The predicted octanol–water partition coefficient (Wildman–Crippen LogP) is 4.80. The molecule has 0 aliphatic carbocycles. The lowest BCUT2D eigenvalue weighted by atomic mass is 10.1. The Labute approximate surface area is 116 Å². The van der Waals surface area contributed by atoms with Crippen LogP contribution in [0, 0.1) is 9.39 Å². The van der Waals surface area contributed by atoms with Gasteiger partial charge in [0.2, 0.25) is 0 Å². The van der Waals surface area contributed by atoms with Gasteiger partial charge in [0.25, 0.3) is 0 Å². The number of nitrogens with zero attached hydrogens (tertiary/aromatic N) is 1. The third-order valence-electron chi connectivity index (χ3n) is 2.00. The van der Waals surface area contributed by atoms with Gasteiger partial charge in [-0.05, 0) is 40.8 Å². The first-order valence-electron chi connectivity index (χ1n) is 4.34. The van der Waals surface area contributed by atoms with E-state index in [4.69, 9.17) is 23.2 Å². The molecule has 16 heavy (non-hydrogen) atoms. The summed E-state index contributed by atoms with van der Waals surface area (Å²) in [6, 6.07) is 6.33. The van der Waals surface area contributed by atoms with Crippen LogP contribution in [0.25, 0.3) is 11.3 Å². The van der Waals surface area contributed by atoms with Crippen LogP contribution in [-0.4, -0.2) is 4.98 Å². The van der Waals surface area contributed by atoms with Gasteiger partial charge in [0.05, 0.1) is 10.0 Å². The predicted molar refractivity (Wildman–Crippen MR) is 72.4 cm³/mol. The number of aromatic nitrogens is 1. The van der Waals surface area contributed by atoms with Crippen molar-refractivity contribution in [3.63, 3.8) is 0 Å². The highest BCUT2D eigenvalue weighted by Gasteiger charge is 2.08. The summed E-state index contributed by atoms with van der Waals surface area (Å²) in [5.74, 6) is -0.370. The molecule has 0 saturated carbocycles. The molecule has 1 nitrogen and oxygen atoms in total. The Morgan fingerprint density at radius 1 is 1.12 bits per heavy atom. The first-order chi connectivity index (χ1) is 7.58. The highest BCUT2D eigenvalue weighted by molar-refractivity contribution is 14.1. The average Bonchev–Trinajstić information content (AvgIpc) is 2.22. The third-order valence-corrected chi connectivity index (χ3v) is 3.33. The zero-order valence-electron chi connectivity index (χ0n) is 7.85. The van der Waals surface area contributed by atoms with Gasteiger partial charge in [-0.25, -0.2) is 4.39 Å². The normalized spacial score (nSPS) is 10.5. The molecule has 2 aromatic rings. The van der Waals surface area contributed by atoms with Gasteiger partial charge in [-0.15, -0.1) is 0 Å². The van der Waals surface area contributed by atoms with Crippen LogP contribution in [0.5, 0.6) is 0 Å². The van der Waals surface area contributed by atoms with Crippen molar-refractivity contribution in [2.45, 2.75) is 0 Å². The molecule has 0 spiro atoms. The molecule has 0 fully saturated rings. The van der Waals surface area contributed by atoms with Crippen LogP contribution >= 0.6 is 45.8 Å². The van der Waals surface area contributed by atoms with Crippen LogP contribution in [0.4, 0.5) is 4.39 Å². The van der Waals surface area contributed by atoms with Gasteiger partial charge in [0, 0.05) is 15.3 Å². The van der Waals surface area contributed by atoms with Crippen LogP contribution in [0.2, 0.25) is 10.0 Å². The molecule has 0 bridgehead atoms. The van der Waals surface area contributed by atoms with Crippen molar-refractivity contribution in [1.29, 1.82) is 0 Å². The van der Waals surface area contributed by atoms with E-state index >= 15 is 0 Å². The molecular weight excluding hydrogens is 363 g/mol. The molecule has 0 radical (unpaired) electrons. The topological polar surface area (TPSA) is 12.9 Å². The van der Waals surface area contributed by atoms with Gasteiger partial charge in [0.1, 0.15) is 5.69 Å². The van der Waals surface area contributed by atoms with Crippen molar-refractivity contribution in [2.75, 3.05) is 0 Å². The van der Waals surface area contributed by atoms with Crippen LogP contribution < -0.4 is 0 Å². The molecule has 0 aliphatic heterocycles. The zero-order chi connectivity index (χ0) is 11.7. The minimum absolute atomic E-state index is 0.277. The van der Waals surface area contributed by atoms with Crippen molar-refractivity contribution in [1.82, 2.24) is 4.98 Å². The van der Waals surface area contributed by atoms with Gasteiger partial charge in [-0.1, -0.05) is 29.3 Å². The summed E-state index contributed by atoms with van der Waals surface area (Å²) in [5.41, 5.74) is 0.891. The number of benzene rings is 1. The van der Waals surface area contributed by atoms with E-state index in [2.05, 4.69) is 4.98 Å². The van der Waals surface area contributed by atoms with E-state index in [1.165, 1.54) is 6.07 Å².